The molecule has 0 spiro atoms. The van der Waals surface area contributed by atoms with Gasteiger partial charge in [0.1, 0.15) is 5.82 Å². The highest BCUT2D eigenvalue weighted by Crippen LogP contribution is 2.38. The van der Waals surface area contributed by atoms with Gasteiger partial charge in [0.05, 0.1) is 0 Å². The Morgan fingerprint density at radius 1 is 0.567 bits per heavy atom. The first kappa shape index (κ1) is 21.8. The van der Waals surface area contributed by atoms with Gasteiger partial charge >= 0.3 is 0 Å². The van der Waals surface area contributed by atoms with E-state index in [1.807, 2.05) is 12.1 Å². The zero-order chi connectivity index (χ0) is 20.8. The van der Waals surface area contributed by atoms with E-state index in [0.717, 1.165) is 29.6 Å². The van der Waals surface area contributed by atoms with Crippen LogP contribution in [0, 0.1) is 35.4 Å². The summed E-state index contributed by atoms with van der Waals surface area (Å²) in [5.41, 5.74) is 1.33. The topological polar surface area (TPSA) is 0 Å². The van der Waals surface area contributed by atoms with E-state index in [1.54, 1.807) is 12.1 Å². The molecule has 1 aromatic carbocycles. The van der Waals surface area contributed by atoms with Gasteiger partial charge in [-0.2, -0.15) is 0 Å². The van der Waals surface area contributed by atoms with Crippen molar-refractivity contribution < 1.29 is 4.39 Å². The summed E-state index contributed by atoms with van der Waals surface area (Å²) in [4.78, 5) is 0. The van der Waals surface area contributed by atoms with Crippen LogP contribution in [0.4, 0.5) is 4.39 Å². The Morgan fingerprint density at radius 3 is 1.37 bits per heavy atom. The molecule has 1 heteroatoms. The van der Waals surface area contributed by atoms with Crippen molar-refractivity contribution in [2.24, 2.45) is 29.6 Å². The highest BCUT2D eigenvalue weighted by molar-refractivity contribution is 5.21. The molecule has 164 valence electrons. The first-order valence-electron chi connectivity index (χ1n) is 12.8. The third kappa shape index (κ3) is 6.32. The summed E-state index contributed by atoms with van der Waals surface area (Å²) >= 11 is 0. The summed E-state index contributed by atoms with van der Waals surface area (Å²) in [5.74, 6) is 4.72. The van der Waals surface area contributed by atoms with Crippen LogP contribution in [0.3, 0.4) is 0 Å². The van der Waals surface area contributed by atoms with Gasteiger partial charge in [-0.3, -0.25) is 0 Å². The Kier molecular flexibility index (Phi) is 7.85. The van der Waals surface area contributed by atoms with Crippen molar-refractivity contribution in [3.63, 3.8) is 0 Å². The van der Waals surface area contributed by atoms with Crippen molar-refractivity contribution in [3.05, 3.63) is 60.0 Å². The molecule has 3 aliphatic carbocycles. The lowest BCUT2D eigenvalue weighted by Crippen LogP contribution is -2.14. The average Bonchev–Trinajstić information content (AvgIpc) is 2.79. The van der Waals surface area contributed by atoms with Crippen LogP contribution in [0.25, 0.3) is 0 Å². The molecule has 3 fully saturated rings. The fourth-order valence-corrected chi connectivity index (χ4v) is 6.02. The van der Waals surface area contributed by atoms with Gasteiger partial charge in [0, 0.05) is 0 Å². The monoisotopic (exact) mass is 408 g/mol. The molecule has 0 aromatic heterocycles. The number of halogens is 1. The first-order chi connectivity index (χ1) is 14.7. The fraction of sp³-hybridized carbons (Fsp3) is 0.655. The van der Waals surface area contributed by atoms with Crippen LogP contribution in [-0.2, 0) is 0 Å². The molecule has 0 radical (unpaired) electrons. The van der Waals surface area contributed by atoms with Crippen molar-refractivity contribution in [1.29, 1.82) is 0 Å². The van der Waals surface area contributed by atoms with E-state index in [0.29, 0.717) is 5.92 Å². The lowest BCUT2D eigenvalue weighted by atomic mass is 9.77. The van der Waals surface area contributed by atoms with E-state index in [4.69, 9.17) is 0 Å². The number of hydrogen-bond acceptors (Lipinski definition) is 0. The van der Waals surface area contributed by atoms with Gasteiger partial charge in [-0.15, -0.1) is 0 Å². The van der Waals surface area contributed by atoms with Gasteiger partial charge in [0.2, 0.25) is 0 Å². The van der Waals surface area contributed by atoms with Crippen molar-refractivity contribution in [3.8, 4) is 0 Å². The zero-order valence-corrected chi connectivity index (χ0v) is 18.9. The predicted molar refractivity (Wildman–Crippen MR) is 126 cm³/mol. The largest absolute Gasteiger partial charge is 0.207 e. The maximum Gasteiger partial charge on any atom is 0.123 e. The van der Waals surface area contributed by atoms with Crippen LogP contribution in [0.2, 0.25) is 0 Å². The van der Waals surface area contributed by atoms with Crippen molar-refractivity contribution in [2.75, 3.05) is 0 Å². The highest BCUT2D eigenvalue weighted by atomic mass is 19.1. The summed E-state index contributed by atoms with van der Waals surface area (Å²) in [7, 11) is 0. The molecular formula is C29H41F. The van der Waals surface area contributed by atoms with Crippen molar-refractivity contribution in [2.45, 2.75) is 89.9 Å². The Balaban J connectivity index is 1.15. The smallest absolute Gasteiger partial charge is 0.123 e. The average molecular weight is 409 g/mol. The van der Waals surface area contributed by atoms with Crippen LogP contribution in [0.1, 0.15) is 95.5 Å². The molecule has 3 saturated carbocycles. The maximum atomic E-state index is 13.1. The summed E-state index contributed by atoms with van der Waals surface area (Å²) in [5, 5.41) is 0. The molecule has 0 saturated heterocycles. The molecule has 0 amide bonds. The van der Waals surface area contributed by atoms with E-state index in [9.17, 15) is 4.39 Å². The molecule has 0 atom stereocenters. The molecule has 0 nitrogen and oxygen atoms in total. The molecule has 30 heavy (non-hydrogen) atoms. The molecule has 0 heterocycles. The molecule has 0 unspecified atom stereocenters. The minimum Gasteiger partial charge on any atom is -0.207 e. The van der Waals surface area contributed by atoms with Crippen LogP contribution >= 0.6 is 0 Å². The second-order valence-electron chi connectivity index (χ2n) is 10.6. The lowest BCUT2D eigenvalue weighted by Gasteiger charge is -2.29. The quantitative estimate of drug-likeness (QED) is 0.427. The molecule has 0 bridgehead atoms. The number of hydrogen-bond donors (Lipinski definition) is 0. The van der Waals surface area contributed by atoms with Gasteiger partial charge in [-0.05, 0) is 117 Å². The number of benzene rings is 1. The Hall–Kier alpha value is -1.37. The second kappa shape index (κ2) is 10.8. The van der Waals surface area contributed by atoms with Crippen molar-refractivity contribution in [1.82, 2.24) is 0 Å². The van der Waals surface area contributed by atoms with Crippen molar-refractivity contribution >= 4 is 0 Å². The van der Waals surface area contributed by atoms with Crippen LogP contribution in [0.5, 0.6) is 0 Å². The highest BCUT2D eigenvalue weighted by Gasteiger charge is 2.23. The Morgan fingerprint density at radius 2 is 0.933 bits per heavy atom. The van der Waals surface area contributed by atoms with E-state index < -0.39 is 0 Å². The van der Waals surface area contributed by atoms with E-state index in [-0.39, 0.29) is 5.82 Å². The SMILES string of the molecule is CC1CCC(/C=C/C2CCC(/C=C/C3CCC(c4ccc(F)cc4)CC3)CC2)CC1. The summed E-state index contributed by atoms with van der Waals surface area (Å²) in [6.07, 6.45) is 26.5. The van der Waals surface area contributed by atoms with Gasteiger partial charge in [-0.1, -0.05) is 56.2 Å². The maximum absolute atomic E-state index is 13.1. The third-order valence-corrected chi connectivity index (χ3v) is 8.30. The number of allylic oxidation sites excluding steroid dienone is 4. The lowest BCUT2D eigenvalue weighted by molar-refractivity contribution is 0.324. The summed E-state index contributed by atoms with van der Waals surface area (Å²) in [6.45, 7) is 2.41. The van der Waals surface area contributed by atoms with Crippen LogP contribution < -0.4 is 0 Å². The minimum absolute atomic E-state index is 0.121. The molecule has 4 rings (SSSR count). The number of rotatable bonds is 5. The Labute approximate surface area is 184 Å². The molecular weight excluding hydrogens is 367 g/mol. The van der Waals surface area contributed by atoms with Gasteiger partial charge in [0.15, 0.2) is 0 Å². The van der Waals surface area contributed by atoms with Gasteiger partial charge in [-0.25, -0.2) is 4.39 Å². The van der Waals surface area contributed by atoms with E-state index in [2.05, 4.69) is 31.2 Å². The molecule has 0 N–H and O–H groups in total. The van der Waals surface area contributed by atoms with Gasteiger partial charge in [0.25, 0.3) is 0 Å². The summed E-state index contributed by atoms with van der Waals surface area (Å²) < 4.78 is 13.1. The predicted octanol–water partition coefficient (Wildman–Crippen LogP) is 8.84. The first-order valence-corrected chi connectivity index (χ1v) is 12.8. The van der Waals surface area contributed by atoms with E-state index >= 15 is 0 Å². The standard InChI is InChI=1S/C29H41F/c1-22-2-4-23(5-3-22)6-7-24-8-10-25(11-9-24)12-13-26-14-16-27(17-15-26)28-18-20-29(30)21-19-28/h6-7,12-13,18-27H,2-5,8-11,14-17H2,1H3/b7-6+,13-12+. The normalized spacial score (nSPS) is 35.8. The molecule has 3 aliphatic rings. The molecule has 0 aliphatic heterocycles. The third-order valence-electron chi connectivity index (χ3n) is 8.30. The van der Waals surface area contributed by atoms with Crippen LogP contribution in [0.15, 0.2) is 48.6 Å². The van der Waals surface area contributed by atoms with Gasteiger partial charge < -0.3 is 0 Å². The fourth-order valence-electron chi connectivity index (χ4n) is 6.02. The summed E-state index contributed by atoms with van der Waals surface area (Å²) in [6, 6.07) is 7.20. The van der Waals surface area contributed by atoms with E-state index in [1.165, 1.54) is 82.6 Å². The zero-order valence-electron chi connectivity index (χ0n) is 18.9. The minimum atomic E-state index is -0.121. The van der Waals surface area contributed by atoms with Crippen LogP contribution in [-0.4, -0.2) is 0 Å². The Bertz CT molecular complexity index is 676. The molecule has 1 aromatic rings. The second-order valence-corrected chi connectivity index (χ2v) is 10.6.